The van der Waals surface area contributed by atoms with Gasteiger partial charge >= 0.3 is 0 Å². The van der Waals surface area contributed by atoms with Crippen LogP contribution in [-0.4, -0.2) is 29.2 Å². The quantitative estimate of drug-likeness (QED) is 0.225. The normalized spacial score (nSPS) is 16.9. The molecule has 174 valence electrons. The number of amides is 1. The zero-order valence-electron chi connectivity index (χ0n) is 19.3. The van der Waals surface area contributed by atoms with Crippen LogP contribution in [0.1, 0.15) is 28.4 Å². The molecule has 7 heteroatoms. The van der Waals surface area contributed by atoms with Crippen LogP contribution in [0.5, 0.6) is 5.75 Å². The largest absolute Gasteiger partial charge is 0.496 e. The van der Waals surface area contributed by atoms with E-state index in [1.54, 1.807) is 19.4 Å². The van der Waals surface area contributed by atoms with Gasteiger partial charge in [-0.1, -0.05) is 71.8 Å². The maximum absolute atomic E-state index is 13.4. The van der Waals surface area contributed by atoms with Crippen LogP contribution in [0.25, 0.3) is 17.0 Å². The van der Waals surface area contributed by atoms with Crippen molar-refractivity contribution >= 4 is 40.7 Å². The molecule has 0 saturated carbocycles. The lowest BCUT2D eigenvalue weighted by molar-refractivity contribution is -0.126. The van der Waals surface area contributed by atoms with Crippen molar-refractivity contribution in [3.05, 3.63) is 112 Å². The van der Waals surface area contributed by atoms with Gasteiger partial charge in [0, 0.05) is 16.5 Å². The van der Waals surface area contributed by atoms with Gasteiger partial charge in [0.05, 0.1) is 18.8 Å². The van der Waals surface area contributed by atoms with Crippen LogP contribution in [0.15, 0.2) is 89.7 Å². The van der Waals surface area contributed by atoms with Gasteiger partial charge in [-0.3, -0.25) is 4.79 Å². The molecule has 2 heterocycles. The minimum Gasteiger partial charge on any atom is -0.496 e. The van der Waals surface area contributed by atoms with Crippen molar-refractivity contribution in [2.75, 3.05) is 7.11 Å². The average Bonchev–Trinajstić information content (AvgIpc) is 3.18. The van der Waals surface area contributed by atoms with Crippen LogP contribution in [-0.2, 0) is 4.79 Å². The second kappa shape index (κ2) is 9.60. The Hall–Kier alpha value is -4.16. The highest BCUT2D eigenvalue weighted by Gasteiger charge is 2.36. The summed E-state index contributed by atoms with van der Waals surface area (Å²) in [5.41, 5.74) is 4.67. The monoisotopic (exact) mass is 482 g/mol. The zero-order valence-corrected chi connectivity index (χ0v) is 20.0. The molecule has 1 atom stereocenters. The molecule has 1 aromatic heterocycles. The fraction of sp³-hybridized carbons (Fsp3) is 0.107. The summed E-state index contributed by atoms with van der Waals surface area (Å²) in [5, 5.41) is 10.6. The van der Waals surface area contributed by atoms with Crippen LogP contribution in [0.3, 0.4) is 0 Å². The number of hydrogen-bond donors (Lipinski definition) is 1. The van der Waals surface area contributed by atoms with Gasteiger partial charge in [0.15, 0.2) is 6.17 Å². The summed E-state index contributed by atoms with van der Waals surface area (Å²) >= 11 is 6.44. The summed E-state index contributed by atoms with van der Waals surface area (Å²) in [5.74, 6) is 0.416. The highest BCUT2D eigenvalue weighted by Crippen LogP contribution is 2.30. The lowest BCUT2D eigenvalue weighted by atomic mass is 10.1. The first-order chi connectivity index (χ1) is 17.0. The number of halogens is 1. The van der Waals surface area contributed by atoms with Gasteiger partial charge in [0.1, 0.15) is 16.6 Å². The first-order valence-corrected chi connectivity index (χ1v) is 11.5. The Morgan fingerprint density at radius 3 is 2.60 bits per heavy atom. The number of nitrogens with zero attached hydrogens (tertiary/aromatic N) is 3. The van der Waals surface area contributed by atoms with E-state index in [9.17, 15) is 4.79 Å². The molecule has 0 spiro atoms. The fourth-order valence-corrected chi connectivity index (χ4v) is 4.23. The average molecular weight is 483 g/mol. The summed E-state index contributed by atoms with van der Waals surface area (Å²) in [6.45, 7) is 2.02. The van der Waals surface area contributed by atoms with E-state index in [4.69, 9.17) is 16.3 Å². The number of ether oxygens (including phenoxy) is 1. The minimum atomic E-state index is -0.477. The summed E-state index contributed by atoms with van der Waals surface area (Å²) in [4.78, 5) is 17.9. The molecule has 1 amide bonds. The second-order valence-electron chi connectivity index (χ2n) is 8.22. The van der Waals surface area contributed by atoms with Gasteiger partial charge < -0.3 is 10.1 Å². The van der Waals surface area contributed by atoms with Crippen molar-refractivity contribution in [1.82, 2.24) is 15.3 Å². The predicted molar refractivity (Wildman–Crippen MR) is 139 cm³/mol. The number of hydrazone groups is 1. The van der Waals surface area contributed by atoms with Gasteiger partial charge in [0.25, 0.3) is 5.91 Å². The Morgan fingerprint density at radius 1 is 1.03 bits per heavy atom. The minimum absolute atomic E-state index is 0.262. The number of benzene rings is 3. The molecule has 6 nitrogen and oxygen atoms in total. The summed E-state index contributed by atoms with van der Waals surface area (Å²) in [7, 11) is 1.60. The maximum atomic E-state index is 13.4. The molecule has 0 radical (unpaired) electrons. The second-order valence-corrected chi connectivity index (χ2v) is 8.57. The molecule has 1 fully saturated rings. The third-order valence-electron chi connectivity index (χ3n) is 5.80. The first kappa shape index (κ1) is 22.6. The zero-order chi connectivity index (χ0) is 24.4. The molecule has 1 N–H and O–H groups in total. The van der Waals surface area contributed by atoms with Crippen molar-refractivity contribution in [3.63, 3.8) is 0 Å². The van der Waals surface area contributed by atoms with E-state index in [2.05, 4.69) is 15.4 Å². The number of nitrogens with one attached hydrogen (secondary N) is 1. The number of pyridine rings is 1. The Balaban J connectivity index is 1.53. The molecule has 1 unspecified atom stereocenters. The Kier molecular flexibility index (Phi) is 6.21. The standard InChI is InChI=1S/C28H23ClN4O2/c1-18-12-13-23-21(14-18)15-22(26(29)31-23)17-30-33-27(19-8-4-3-5-9-19)32-24(28(33)34)16-20-10-6-7-11-25(20)35-2/h3-17,27,32H,1-2H3. The first-order valence-electron chi connectivity index (χ1n) is 11.1. The molecule has 1 aliphatic heterocycles. The lowest BCUT2D eigenvalue weighted by Crippen LogP contribution is -2.25. The molecule has 1 aliphatic rings. The molecule has 1 saturated heterocycles. The van der Waals surface area contributed by atoms with Gasteiger partial charge in [-0.15, -0.1) is 0 Å². The molecule has 0 aliphatic carbocycles. The number of aryl methyl sites for hydroxylation is 1. The van der Waals surface area contributed by atoms with Crippen LogP contribution >= 0.6 is 11.6 Å². The van der Waals surface area contributed by atoms with Crippen molar-refractivity contribution in [1.29, 1.82) is 0 Å². The van der Waals surface area contributed by atoms with Gasteiger partial charge in [-0.25, -0.2) is 9.99 Å². The molecule has 5 rings (SSSR count). The Morgan fingerprint density at radius 2 is 1.80 bits per heavy atom. The molecule has 0 bridgehead atoms. The number of rotatable bonds is 5. The van der Waals surface area contributed by atoms with Crippen molar-refractivity contribution < 1.29 is 9.53 Å². The predicted octanol–water partition coefficient (Wildman–Crippen LogP) is 5.71. The number of hydrogen-bond acceptors (Lipinski definition) is 5. The van der Waals surface area contributed by atoms with Crippen LogP contribution in [0.4, 0.5) is 0 Å². The summed E-state index contributed by atoms with van der Waals surface area (Å²) < 4.78 is 5.44. The molecule has 35 heavy (non-hydrogen) atoms. The van der Waals surface area contributed by atoms with Gasteiger partial charge in [-0.05, 0) is 42.8 Å². The van der Waals surface area contributed by atoms with Crippen molar-refractivity contribution in [2.24, 2.45) is 5.10 Å². The summed E-state index contributed by atoms with van der Waals surface area (Å²) in [6.07, 6.45) is 2.88. The topological polar surface area (TPSA) is 66.8 Å². The smallest absolute Gasteiger partial charge is 0.292 e. The lowest BCUT2D eigenvalue weighted by Gasteiger charge is -2.19. The number of aromatic nitrogens is 1. The van der Waals surface area contributed by atoms with Crippen LogP contribution < -0.4 is 10.1 Å². The molecule has 4 aromatic rings. The number of carbonyl (C=O) groups is 1. The van der Waals surface area contributed by atoms with Crippen LogP contribution in [0.2, 0.25) is 5.15 Å². The molecular formula is C28H23ClN4O2. The molecular weight excluding hydrogens is 460 g/mol. The highest BCUT2D eigenvalue weighted by molar-refractivity contribution is 6.32. The number of fused-ring (bicyclic) bond motifs is 1. The van der Waals surface area contributed by atoms with Gasteiger partial charge in [0.2, 0.25) is 0 Å². The Bertz CT molecular complexity index is 1470. The number of carbonyl (C=O) groups excluding carboxylic acids is 1. The summed E-state index contributed by atoms with van der Waals surface area (Å²) in [6, 6.07) is 25.1. The number of para-hydroxylation sites is 1. The SMILES string of the molecule is COc1ccccc1C=C1NC(c2ccccc2)N(N=Cc2cc3cc(C)ccc3nc2Cl)C1=O. The molecule has 3 aromatic carbocycles. The van der Waals surface area contributed by atoms with Gasteiger partial charge in [-0.2, -0.15) is 5.10 Å². The van der Waals surface area contributed by atoms with E-state index in [1.165, 1.54) is 5.01 Å². The third kappa shape index (κ3) is 4.61. The van der Waals surface area contributed by atoms with Crippen molar-refractivity contribution in [2.45, 2.75) is 13.1 Å². The van der Waals surface area contributed by atoms with E-state index >= 15 is 0 Å². The van der Waals surface area contributed by atoms with E-state index in [0.717, 1.165) is 27.6 Å². The van der Waals surface area contributed by atoms with Crippen molar-refractivity contribution in [3.8, 4) is 5.75 Å². The number of methoxy groups -OCH3 is 1. The van der Waals surface area contributed by atoms with Crippen LogP contribution in [0, 0.1) is 6.92 Å². The van der Waals surface area contributed by atoms with E-state index in [1.807, 2.05) is 85.8 Å². The van der Waals surface area contributed by atoms with E-state index in [0.29, 0.717) is 22.2 Å². The van der Waals surface area contributed by atoms with E-state index in [-0.39, 0.29) is 5.91 Å². The third-order valence-corrected chi connectivity index (χ3v) is 6.10. The maximum Gasteiger partial charge on any atom is 0.292 e. The Labute approximate surface area is 208 Å². The van der Waals surface area contributed by atoms with E-state index < -0.39 is 6.17 Å². The fourth-order valence-electron chi connectivity index (χ4n) is 4.04. The highest BCUT2D eigenvalue weighted by atomic mass is 35.5.